The largest absolute Gasteiger partial charge is 0.305 e. The molecule has 0 saturated carbocycles. The van der Waals surface area contributed by atoms with Crippen LogP contribution in [-0.2, 0) is 26.5 Å². The van der Waals surface area contributed by atoms with Crippen LogP contribution in [-0.4, -0.2) is 9.97 Å². The summed E-state index contributed by atoms with van der Waals surface area (Å²) in [5.41, 5.74) is 4.95. The van der Waals surface area contributed by atoms with Crippen molar-refractivity contribution in [1.29, 1.82) is 0 Å². The van der Waals surface area contributed by atoms with E-state index in [0.29, 0.717) is 11.1 Å². The Morgan fingerprint density at radius 2 is 1.22 bits per heavy atom. The monoisotopic (exact) mass is 593 g/mol. The first-order valence-electron chi connectivity index (χ1n) is 11.0. The van der Waals surface area contributed by atoms with Crippen LogP contribution in [0.2, 0.25) is 0 Å². The summed E-state index contributed by atoms with van der Waals surface area (Å²) in [5.74, 6) is 0. The van der Waals surface area contributed by atoms with Crippen molar-refractivity contribution in [1.82, 2.24) is 9.97 Å². The van der Waals surface area contributed by atoms with Crippen LogP contribution >= 0.6 is 0 Å². The van der Waals surface area contributed by atoms with Gasteiger partial charge in [-0.25, -0.2) is 0 Å². The van der Waals surface area contributed by atoms with Gasteiger partial charge < -0.3 is 9.97 Å². The third-order valence-corrected chi connectivity index (χ3v) is 4.47. The van der Waals surface area contributed by atoms with Crippen LogP contribution in [0.15, 0.2) is 122 Å². The molecule has 0 aliphatic heterocycles. The van der Waals surface area contributed by atoms with Gasteiger partial charge in [-0.3, -0.25) is 0 Å². The molecule has 1 radical (unpaired) electrons. The van der Waals surface area contributed by atoms with Gasteiger partial charge in [-0.15, -0.1) is 71.3 Å². The van der Waals surface area contributed by atoms with Gasteiger partial charge in [0.1, 0.15) is 0 Å². The average Bonchev–Trinajstić information content (AvgIpc) is 2.91. The Bertz CT molecular complexity index is 1210. The maximum absolute atomic E-state index is 8.31. The van der Waals surface area contributed by atoms with E-state index in [4.69, 9.17) is 2.74 Å². The quantitative estimate of drug-likeness (QED) is 0.218. The van der Waals surface area contributed by atoms with Crippen LogP contribution in [0.3, 0.4) is 0 Å². The fraction of sp³-hybridized carbons (Fsp3) is 0.0345. The molecular formula is C29H22IrN2-2. The minimum absolute atomic E-state index is 0. The molecule has 0 aliphatic rings. The second-order valence-electron chi connectivity index (χ2n) is 6.69. The Kier molecular flexibility index (Phi) is 7.99. The molecule has 2 aromatic heterocycles. The zero-order valence-corrected chi connectivity index (χ0v) is 19.7. The third-order valence-electron chi connectivity index (χ3n) is 4.47. The molecule has 0 saturated heterocycles. The summed E-state index contributed by atoms with van der Waals surface area (Å²) in [6.45, 7) is 0. The van der Waals surface area contributed by atoms with Crippen LogP contribution in [0.5, 0.6) is 0 Å². The van der Waals surface area contributed by atoms with Gasteiger partial charge in [0.05, 0.1) is 0 Å². The second kappa shape index (κ2) is 12.5. The summed E-state index contributed by atoms with van der Waals surface area (Å²) in [6, 6.07) is 40.2. The van der Waals surface area contributed by atoms with Crippen LogP contribution in [0.1, 0.15) is 13.9 Å². The van der Waals surface area contributed by atoms with Crippen molar-refractivity contribution in [2.75, 3.05) is 0 Å². The van der Waals surface area contributed by atoms with E-state index in [9.17, 15) is 0 Å². The van der Waals surface area contributed by atoms with Gasteiger partial charge in [0.15, 0.2) is 0 Å². The number of rotatable bonds is 4. The van der Waals surface area contributed by atoms with Crippen molar-refractivity contribution in [3.8, 4) is 22.5 Å². The van der Waals surface area contributed by atoms with Crippen LogP contribution in [0.4, 0.5) is 0 Å². The zero-order valence-electron chi connectivity index (χ0n) is 19.3. The normalized spacial score (nSPS) is 11.1. The van der Waals surface area contributed by atoms with E-state index in [1.54, 1.807) is 36.7 Å². The standard InChI is InChI=1S/C18H14N.C11H8N.Ir/c1-2-6-15(7-3-1)14-16-9-11-17(12-10-16)18-8-4-5-13-19-18;1-2-6-10(7-3-1)11-8-4-5-9-12-11;/h1-11,13H,14H2;1-6,8-9H;/q2*-1;/i14D2;;. The molecule has 32 heavy (non-hydrogen) atoms. The Labute approximate surface area is 206 Å². The molecule has 0 amide bonds. The second-order valence-corrected chi connectivity index (χ2v) is 6.69. The van der Waals surface area contributed by atoms with E-state index in [-0.39, 0.29) is 20.1 Å². The number of aromatic nitrogens is 2. The van der Waals surface area contributed by atoms with E-state index in [0.717, 1.165) is 22.5 Å². The topological polar surface area (TPSA) is 25.8 Å². The summed E-state index contributed by atoms with van der Waals surface area (Å²) in [7, 11) is 0. The fourth-order valence-electron chi connectivity index (χ4n) is 2.95. The van der Waals surface area contributed by atoms with Crippen molar-refractivity contribution in [3.63, 3.8) is 0 Å². The van der Waals surface area contributed by atoms with Gasteiger partial charge in [-0.05, 0) is 29.9 Å². The molecular weight excluding hydrogens is 569 g/mol. The molecule has 0 N–H and O–H groups in total. The minimum atomic E-state index is -1.53. The van der Waals surface area contributed by atoms with Crippen LogP contribution in [0, 0.1) is 12.1 Å². The first kappa shape index (κ1) is 20.5. The number of hydrogen-bond acceptors (Lipinski definition) is 2. The summed E-state index contributed by atoms with van der Waals surface area (Å²) in [4.78, 5) is 8.49. The van der Waals surface area contributed by atoms with E-state index in [2.05, 4.69) is 22.1 Å². The summed E-state index contributed by atoms with van der Waals surface area (Å²) < 4.78 is 16.6. The molecule has 0 fully saturated rings. The van der Waals surface area contributed by atoms with Crippen molar-refractivity contribution < 1.29 is 22.8 Å². The van der Waals surface area contributed by atoms with Gasteiger partial charge in [-0.1, -0.05) is 60.2 Å². The van der Waals surface area contributed by atoms with Crippen molar-refractivity contribution in [2.24, 2.45) is 0 Å². The minimum Gasteiger partial charge on any atom is -0.305 e. The number of benzene rings is 3. The number of nitrogens with zero attached hydrogens (tertiary/aromatic N) is 2. The van der Waals surface area contributed by atoms with Crippen molar-refractivity contribution in [2.45, 2.75) is 6.37 Å². The van der Waals surface area contributed by atoms with Crippen molar-refractivity contribution >= 4 is 0 Å². The Morgan fingerprint density at radius 3 is 1.75 bits per heavy atom. The van der Waals surface area contributed by atoms with E-state index >= 15 is 0 Å². The fourth-order valence-corrected chi connectivity index (χ4v) is 2.95. The molecule has 5 aromatic rings. The van der Waals surface area contributed by atoms with Gasteiger partial charge in [0.25, 0.3) is 0 Å². The predicted octanol–water partition coefficient (Wildman–Crippen LogP) is 6.69. The molecule has 3 heteroatoms. The summed E-state index contributed by atoms with van der Waals surface area (Å²) in [5, 5.41) is 0. The first-order valence-corrected chi connectivity index (χ1v) is 10.0. The Hall–Kier alpha value is -3.39. The molecule has 5 rings (SSSR count). The Morgan fingerprint density at radius 1 is 0.594 bits per heavy atom. The molecule has 0 atom stereocenters. The van der Waals surface area contributed by atoms with Crippen molar-refractivity contribution in [3.05, 3.63) is 145 Å². The smallest absolute Gasteiger partial charge is 0.0263 e. The molecule has 159 valence electrons. The van der Waals surface area contributed by atoms with Crippen LogP contribution in [0.25, 0.3) is 22.5 Å². The molecule has 3 aromatic carbocycles. The number of pyridine rings is 2. The first-order chi connectivity index (χ1) is 16.1. The van der Waals surface area contributed by atoms with Gasteiger partial charge in [0, 0.05) is 35.2 Å². The van der Waals surface area contributed by atoms with E-state index in [1.165, 1.54) is 0 Å². The number of hydrogen-bond donors (Lipinski definition) is 0. The van der Waals surface area contributed by atoms with Gasteiger partial charge in [0.2, 0.25) is 0 Å². The molecule has 0 aliphatic carbocycles. The maximum Gasteiger partial charge on any atom is 0.0263 e. The van der Waals surface area contributed by atoms with Crippen LogP contribution < -0.4 is 0 Å². The maximum atomic E-state index is 8.31. The average molecular weight is 593 g/mol. The molecule has 0 unspecified atom stereocenters. The SMILES string of the molecule is [2H]C([2H])(c1c[c-]c(-c2ccccn2)cc1)c1ccccc1.[Ir].[c-]1ccccc1-c1ccccn1. The summed E-state index contributed by atoms with van der Waals surface area (Å²) in [6.07, 6.45) is 2.00. The molecule has 2 nitrogen and oxygen atoms in total. The zero-order chi connectivity index (χ0) is 22.9. The van der Waals surface area contributed by atoms with E-state index in [1.807, 2.05) is 84.9 Å². The van der Waals surface area contributed by atoms with E-state index < -0.39 is 6.37 Å². The molecule has 0 bridgehead atoms. The predicted molar refractivity (Wildman–Crippen MR) is 126 cm³/mol. The van der Waals surface area contributed by atoms with Gasteiger partial charge >= 0.3 is 0 Å². The molecule has 2 heterocycles. The molecule has 0 spiro atoms. The van der Waals surface area contributed by atoms with Gasteiger partial charge in [-0.2, -0.15) is 0 Å². The third kappa shape index (κ3) is 6.81. The Balaban J connectivity index is 0.000000212. The summed E-state index contributed by atoms with van der Waals surface area (Å²) >= 11 is 0.